The summed E-state index contributed by atoms with van der Waals surface area (Å²) < 4.78 is 12.4. The molecule has 2 N–H and O–H groups in total. The van der Waals surface area contributed by atoms with Crippen molar-refractivity contribution in [3.8, 4) is 35.1 Å². The molecule has 0 fully saturated rings. The van der Waals surface area contributed by atoms with Crippen LogP contribution in [0.15, 0.2) is 18.2 Å². The second-order valence-electron chi connectivity index (χ2n) is 4.49. The second kappa shape index (κ2) is 5.21. The van der Waals surface area contributed by atoms with Gasteiger partial charge in [-0.15, -0.1) is 6.42 Å². The Morgan fingerprint density at radius 3 is 2.86 bits per heavy atom. The number of fused-ring (bicyclic) bond motifs is 1. The number of rotatable bonds is 3. The minimum absolute atomic E-state index is 0.206. The summed E-state index contributed by atoms with van der Waals surface area (Å²) in [5.41, 5.74) is 7.42. The smallest absolute Gasteiger partial charge is 0.162 e. The molecule has 0 radical (unpaired) electrons. The Balaban J connectivity index is 2.10. The van der Waals surface area contributed by atoms with Crippen molar-refractivity contribution in [2.75, 3.05) is 18.9 Å². The van der Waals surface area contributed by atoms with Gasteiger partial charge in [-0.05, 0) is 18.2 Å². The largest absolute Gasteiger partial charge is 0.486 e. The maximum Gasteiger partial charge on any atom is 0.162 e. The Hall–Kier alpha value is -2.94. The molecule has 1 aromatic carbocycles. The van der Waals surface area contributed by atoms with Crippen molar-refractivity contribution in [2.45, 2.75) is 6.54 Å². The van der Waals surface area contributed by atoms with Crippen LogP contribution in [0.3, 0.4) is 0 Å². The Kier molecular flexibility index (Phi) is 3.24. The molecule has 6 nitrogen and oxygen atoms in total. The zero-order valence-electron chi connectivity index (χ0n) is 11.2. The van der Waals surface area contributed by atoms with Crippen LogP contribution in [0.4, 0.5) is 5.82 Å². The number of ether oxygens (including phenoxy) is 2. The van der Waals surface area contributed by atoms with E-state index in [4.69, 9.17) is 21.6 Å². The summed E-state index contributed by atoms with van der Waals surface area (Å²) in [5, 5.41) is 4.31. The fourth-order valence-corrected chi connectivity index (χ4v) is 2.22. The topological polar surface area (TPSA) is 79.4 Å². The van der Waals surface area contributed by atoms with Crippen molar-refractivity contribution in [3.05, 3.63) is 23.8 Å². The van der Waals surface area contributed by atoms with Crippen LogP contribution in [0.25, 0.3) is 11.3 Å². The molecular formula is C15H13N3O3. The zero-order chi connectivity index (χ0) is 14.8. The highest BCUT2D eigenvalue weighted by Crippen LogP contribution is 2.35. The van der Waals surface area contributed by atoms with Crippen molar-refractivity contribution in [3.63, 3.8) is 0 Å². The van der Waals surface area contributed by atoms with Crippen LogP contribution >= 0.6 is 0 Å². The van der Waals surface area contributed by atoms with Gasteiger partial charge in [0.15, 0.2) is 17.8 Å². The molecule has 0 unspecified atom stereocenters. The first kappa shape index (κ1) is 13.1. The van der Waals surface area contributed by atoms with Gasteiger partial charge in [0.2, 0.25) is 0 Å². The van der Waals surface area contributed by atoms with E-state index in [1.165, 1.54) is 4.68 Å². The predicted octanol–water partition coefficient (Wildman–Crippen LogP) is 1.35. The van der Waals surface area contributed by atoms with Gasteiger partial charge < -0.3 is 15.2 Å². The van der Waals surface area contributed by atoms with Gasteiger partial charge in [-0.2, -0.15) is 5.10 Å². The highest BCUT2D eigenvalue weighted by atomic mass is 16.6. The third kappa shape index (κ3) is 2.19. The molecule has 106 valence electrons. The maximum atomic E-state index is 11.3. The molecule has 6 heteroatoms. The van der Waals surface area contributed by atoms with Crippen molar-refractivity contribution >= 4 is 12.1 Å². The summed E-state index contributed by atoms with van der Waals surface area (Å²) >= 11 is 0. The number of aldehydes is 1. The van der Waals surface area contributed by atoms with E-state index >= 15 is 0 Å². The second-order valence-corrected chi connectivity index (χ2v) is 4.49. The summed E-state index contributed by atoms with van der Waals surface area (Å²) in [4.78, 5) is 11.3. The Morgan fingerprint density at radius 1 is 1.38 bits per heavy atom. The lowest BCUT2D eigenvalue weighted by molar-refractivity contribution is 0.112. The van der Waals surface area contributed by atoms with Gasteiger partial charge >= 0.3 is 0 Å². The van der Waals surface area contributed by atoms with Gasteiger partial charge in [-0.3, -0.25) is 4.79 Å². The van der Waals surface area contributed by atoms with E-state index in [1.807, 2.05) is 6.07 Å². The van der Waals surface area contributed by atoms with Crippen molar-refractivity contribution in [1.29, 1.82) is 0 Å². The van der Waals surface area contributed by atoms with E-state index in [-0.39, 0.29) is 12.4 Å². The molecule has 0 bridgehead atoms. The van der Waals surface area contributed by atoms with Crippen LogP contribution in [-0.2, 0) is 6.54 Å². The lowest BCUT2D eigenvalue weighted by Gasteiger charge is -2.18. The lowest BCUT2D eigenvalue weighted by atomic mass is 10.1. The van der Waals surface area contributed by atoms with E-state index < -0.39 is 0 Å². The molecule has 2 heterocycles. The number of carbonyl (C=O) groups excluding carboxylic acids is 1. The molecule has 2 aromatic rings. The molecular weight excluding hydrogens is 270 g/mol. The molecule has 0 atom stereocenters. The number of carbonyl (C=O) groups is 1. The molecule has 1 aromatic heterocycles. The fraction of sp³-hybridized carbons (Fsp3) is 0.200. The van der Waals surface area contributed by atoms with E-state index in [2.05, 4.69) is 11.0 Å². The van der Waals surface area contributed by atoms with Gasteiger partial charge in [0.25, 0.3) is 0 Å². The number of anilines is 1. The predicted molar refractivity (Wildman–Crippen MR) is 77.3 cm³/mol. The van der Waals surface area contributed by atoms with Gasteiger partial charge in [0, 0.05) is 5.56 Å². The molecule has 0 saturated carbocycles. The molecule has 3 rings (SSSR count). The quantitative estimate of drug-likeness (QED) is 0.679. The summed E-state index contributed by atoms with van der Waals surface area (Å²) in [5.74, 6) is 4.01. The van der Waals surface area contributed by atoms with Gasteiger partial charge in [-0.1, -0.05) is 5.92 Å². The average molecular weight is 283 g/mol. The molecule has 0 amide bonds. The summed E-state index contributed by atoms with van der Waals surface area (Å²) in [7, 11) is 0. The number of aromatic nitrogens is 2. The Morgan fingerprint density at radius 2 is 2.14 bits per heavy atom. The number of nitrogens with zero attached hydrogens (tertiary/aromatic N) is 2. The zero-order valence-corrected chi connectivity index (χ0v) is 11.2. The van der Waals surface area contributed by atoms with Crippen LogP contribution in [0.5, 0.6) is 11.5 Å². The van der Waals surface area contributed by atoms with Crippen LogP contribution in [0, 0.1) is 12.3 Å². The Bertz CT molecular complexity index is 743. The van der Waals surface area contributed by atoms with Crippen molar-refractivity contribution < 1.29 is 14.3 Å². The normalized spacial score (nSPS) is 12.7. The number of terminal acetylenes is 1. The average Bonchev–Trinajstić information content (AvgIpc) is 2.83. The first-order valence-corrected chi connectivity index (χ1v) is 6.39. The SMILES string of the molecule is C#CCn1nc(-c2ccc3c(c2)OCCO3)c(C=O)c1N. The van der Waals surface area contributed by atoms with Crippen LogP contribution in [0.1, 0.15) is 10.4 Å². The van der Waals surface area contributed by atoms with E-state index in [0.29, 0.717) is 42.3 Å². The monoisotopic (exact) mass is 283 g/mol. The molecule has 0 aliphatic carbocycles. The number of hydrogen-bond donors (Lipinski definition) is 1. The summed E-state index contributed by atoms with van der Waals surface area (Å²) in [6.07, 6.45) is 5.95. The third-order valence-electron chi connectivity index (χ3n) is 3.20. The highest BCUT2D eigenvalue weighted by Gasteiger charge is 2.19. The number of benzene rings is 1. The Labute approximate surface area is 121 Å². The minimum Gasteiger partial charge on any atom is -0.486 e. The number of nitrogens with two attached hydrogens (primary N) is 1. The van der Waals surface area contributed by atoms with Crippen LogP contribution in [-0.4, -0.2) is 29.3 Å². The van der Waals surface area contributed by atoms with Crippen molar-refractivity contribution in [1.82, 2.24) is 9.78 Å². The van der Waals surface area contributed by atoms with Crippen LogP contribution in [0.2, 0.25) is 0 Å². The first-order valence-electron chi connectivity index (χ1n) is 6.39. The molecule has 1 aliphatic heterocycles. The van der Waals surface area contributed by atoms with Gasteiger partial charge in [-0.25, -0.2) is 4.68 Å². The number of nitrogen functional groups attached to an aromatic ring is 1. The van der Waals surface area contributed by atoms with Gasteiger partial charge in [0.1, 0.15) is 31.3 Å². The van der Waals surface area contributed by atoms with E-state index in [1.54, 1.807) is 12.1 Å². The maximum absolute atomic E-state index is 11.3. The lowest BCUT2D eigenvalue weighted by Crippen LogP contribution is -2.15. The minimum atomic E-state index is 0.206. The standard InChI is InChI=1S/C15H13N3O3/c1-2-5-18-15(16)11(9-19)14(17-18)10-3-4-12-13(8-10)21-7-6-20-12/h1,3-4,8-9H,5-7,16H2. The third-order valence-corrected chi connectivity index (χ3v) is 3.20. The van der Waals surface area contributed by atoms with E-state index in [0.717, 1.165) is 5.56 Å². The summed E-state index contributed by atoms with van der Waals surface area (Å²) in [6, 6.07) is 5.38. The van der Waals surface area contributed by atoms with Gasteiger partial charge in [0.05, 0.1) is 5.56 Å². The van der Waals surface area contributed by atoms with Crippen LogP contribution < -0.4 is 15.2 Å². The summed E-state index contributed by atoms with van der Waals surface area (Å²) in [6.45, 7) is 1.22. The van der Waals surface area contributed by atoms with E-state index in [9.17, 15) is 4.79 Å². The first-order chi connectivity index (χ1) is 10.2. The molecule has 21 heavy (non-hydrogen) atoms. The highest BCUT2D eigenvalue weighted by molar-refractivity contribution is 5.91. The molecule has 0 saturated heterocycles. The molecule has 0 spiro atoms. The van der Waals surface area contributed by atoms with Crippen molar-refractivity contribution in [2.24, 2.45) is 0 Å². The fourth-order valence-electron chi connectivity index (χ4n) is 2.22. The number of hydrogen-bond acceptors (Lipinski definition) is 5. The molecule has 1 aliphatic rings.